The van der Waals surface area contributed by atoms with Gasteiger partial charge in [-0.25, -0.2) is 0 Å². The molecule has 26 heavy (non-hydrogen) atoms. The van der Waals surface area contributed by atoms with E-state index < -0.39 is 0 Å². The normalized spacial score (nSPS) is 10.7. The monoisotopic (exact) mass is 355 g/mol. The quantitative estimate of drug-likeness (QED) is 0.711. The summed E-state index contributed by atoms with van der Waals surface area (Å²) in [5.74, 6) is 0.168. The summed E-state index contributed by atoms with van der Waals surface area (Å²) >= 11 is 0. The molecule has 2 aromatic rings. The second-order valence-corrected chi connectivity index (χ2v) is 6.57. The zero-order valence-corrected chi connectivity index (χ0v) is 15.8. The number of carbonyl (C=O) groups excluding carboxylic acids is 2. The molecule has 0 aliphatic carbocycles. The first kappa shape index (κ1) is 19.9. The van der Waals surface area contributed by atoms with Gasteiger partial charge >= 0.3 is 0 Å². The number of hydrogen-bond donors (Lipinski definition) is 1. The van der Waals surface area contributed by atoms with Crippen LogP contribution in [0.1, 0.15) is 45.1 Å². The van der Waals surface area contributed by atoms with Crippen molar-refractivity contribution in [2.24, 2.45) is 0 Å². The van der Waals surface area contributed by atoms with E-state index >= 15 is 0 Å². The smallest absolute Gasteiger partial charge is 0.224 e. The Morgan fingerprint density at radius 1 is 1.08 bits per heavy atom. The maximum absolute atomic E-state index is 12.2. The highest BCUT2D eigenvalue weighted by molar-refractivity contribution is 5.84. The summed E-state index contributed by atoms with van der Waals surface area (Å²) < 4.78 is 0. The summed E-state index contributed by atoms with van der Waals surface area (Å²) in [6.07, 6.45) is 7.37. The van der Waals surface area contributed by atoms with E-state index in [4.69, 9.17) is 0 Å². The molecule has 0 unspecified atom stereocenters. The highest BCUT2D eigenvalue weighted by atomic mass is 16.2. The van der Waals surface area contributed by atoms with Crippen LogP contribution in [0.4, 0.5) is 0 Å². The van der Waals surface area contributed by atoms with E-state index in [2.05, 4.69) is 24.1 Å². The highest BCUT2D eigenvalue weighted by Gasteiger charge is 2.12. The third-order valence-electron chi connectivity index (χ3n) is 4.36. The molecule has 0 saturated heterocycles. The van der Waals surface area contributed by atoms with Gasteiger partial charge in [-0.3, -0.25) is 14.6 Å². The molecule has 0 spiro atoms. The maximum Gasteiger partial charge on any atom is 0.224 e. The summed E-state index contributed by atoms with van der Waals surface area (Å²) in [5, 5.41) is 5.09. The number of carbonyl (C=O) groups is 2. The predicted octanol–water partition coefficient (Wildman–Crippen LogP) is 3.32. The molecule has 2 rings (SSSR count). The molecule has 0 radical (unpaired) electrons. The summed E-state index contributed by atoms with van der Waals surface area (Å²) in [7, 11) is 0. The second kappa shape index (κ2) is 10.5. The van der Waals surface area contributed by atoms with Crippen LogP contribution in [0.5, 0.6) is 0 Å². The molecule has 1 aromatic carbocycles. The van der Waals surface area contributed by atoms with Crippen molar-refractivity contribution in [3.05, 3.63) is 42.2 Å². The molecular weight excluding hydrogens is 326 g/mol. The topological polar surface area (TPSA) is 62.3 Å². The fraction of sp³-hybridized carbons (Fsp3) is 0.476. The molecule has 0 atom stereocenters. The molecule has 1 heterocycles. The van der Waals surface area contributed by atoms with Crippen molar-refractivity contribution >= 4 is 22.6 Å². The zero-order valence-electron chi connectivity index (χ0n) is 15.8. The third-order valence-corrected chi connectivity index (χ3v) is 4.36. The molecule has 5 heteroatoms. The van der Waals surface area contributed by atoms with Crippen molar-refractivity contribution in [1.29, 1.82) is 0 Å². The number of fused-ring (bicyclic) bond motifs is 1. The lowest BCUT2D eigenvalue weighted by Crippen LogP contribution is -2.39. The average molecular weight is 355 g/mol. The molecule has 140 valence electrons. The second-order valence-electron chi connectivity index (χ2n) is 6.57. The standard InChI is InChI=1S/C21H29N3O2/c1-3-5-6-21(26)24(12-4-2)13-11-23-20(25)15-17-7-8-19-16-22-10-9-18(19)14-17/h7-10,14,16H,3-6,11-13,15H2,1-2H3,(H,23,25). The number of benzene rings is 1. The minimum absolute atomic E-state index is 0.0177. The largest absolute Gasteiger partial charge is 0.354 e. The van der Waals surface area contributed by atoms with Crippen LogP contribution in [0.3, 0.4) is 0 Å². The van der Waals surface area contributed by atoms with Crippen LogP contribution in [-0.2, 0) is 16.0 Å². The molecule has 1 aromatic heterocycles. The predicted molar refractivity (Wildman–Crippen MR) is 105 cm³/mol. The first-order valence-electron chi connectivity index (χ1n) is 9.51. The van der Waals surface area contributed by atoms with Crippen molar-refractivity contribution in [2.75, 3.05) is 19.6 Å². The Morgan fingerprint density at radius 3 is 2.69 bits per heavy atom. The summed E-state index contributed by atoms with van der Waals surface area (Å²) in [6.45, 7) is 5.96. The van der Waals surface area contributed by atoms with Crippen LogP contribution >= 0.6 is 0 Å². The van der Waals surface area contributed by atoms with E-state index in [1.807, 2.05) is 35.4 Å². The van der Waals surface area contributed by atoms with Gasteiger partial charge in [-0.05, 0) is 29.9 Å². The van der Waals surface area contributed by atoms with E-state index in [9.17, 15) is 9.59 Å². The van der Waals surface area contributed by atoms with E-state index in [-0.39, 0.29) is 11.8 Å². The Bertz CT molecular complexity index is 730. The average Bonchev–Trinajstić information content (AvgIpc) is 2.65. The van der Waals surface area contributed by atoms with Gasteiger partial charge < -0.3 is 10.2 Å². The fourth-order valence-corrected chi connectivity index (χ4v) is 2.94. The van der Waals surface area contributed by atoms with Gasteiger partial charge in [-0.1, -0.05) is 38.5 Å². The molecule has 1 N–H and O–H groups in total. The van der Waals surface area contributed by atoms with Crippen LogP contribution in [0.15, 0.2) is 36.7 Å². The Labute approximate surface area is 155 Å². The van der Waals surface area contributed by atoms with Gasteiger partial charge in [-0.15, -0.1) is 0 Å². The number of unbranched alkanes of at least 4 members (excludes halogenated alkanes) is 1. The minimum Gasteiger partial charge on any atom is -0.354 e. The third kappa shape index (κ3) is 6.14. The Hall–Kier alpha value is -2.43. The molecular formula is C21H29N3O2. The van der Waals surface area contributed by atoms with E-state index in [1.165, 1.54) is 0 Å². The van der Waals surface area contributed by atoms with Gasteiger partial charge in [0.25, 0.3) is 0 Å². The van der Waals surface area contributed by atoms with E-state index in [1.54, 1.807) is 6.20 Å². The SMILES string of the molecule is CCCCC(=O)N(CCC)CCNC(=O)Cc1ccc2cnccc2c1. The maximum atomic E-state index is 12.2. The molecule has 0 aliphatic heterocycles. The number of rotatable bonds is 10. The number of amides is 2. The number of nitrogens with zero attached hydrogens (tertiary/aromatic N) is 2. The minimum atomic E-state index is -0.0177. The fourth-order valence-electron chi connectivity index (χ4n) is 2.94. The van der Waals surface area contributed by atoms with Gasteiger partial charge in [0.05, 0.1) is 6.42 Å². The Balaban J connectivity index is 1.81. The van der Waals surface area contributed by atoms with Crippen molar-refractivity contribution in [1.82, 2.24) is 15.2 Å². The van der Waals surface area contributed by atoms with E-state index in [0.29, 0.717) is 25.9 Å². The van der Waals surface area contributed by atoms with E-state index in [0.717, 1.165) is 42.1 Å². The number of nitrogens with one attached hydrogen (secondary N) is 1. The first-order valence-corrected chi connectivity index (χ1v) is 9.51. The molecule has 0 saturated carbocycles. The first-order chi connectivity index (χ1) is 12.6. The van der Waals surface area contributed by atoms with Gasteiger partial charge in [0.2, 0.25) is 11.8 Å². The Kier molecular flexibility index (Phi) is 8.06. The van der Waals surface area contributed by atoms with Crippen LogP contribution in [-0.4, -0.2) is 41.3 Å². The van der Waals surface area contributed by atoms with Gasteiger partial charge in [-0.2, -0.15) is 0 Å². The van der Waals surface area contributed by atoms with Gasteiger partial charge in [0.15, 0.2) is 0 Å². The Morgan fingerprint density at radius 2 is 1.92 bits per heavy atom. The van der Waals surface area contributed by atoms with Crippen molar-refractivity contribution in [2.45, 2.75) is 46.0 Å². The number of hydrogen-bond acceptors (Lipinski definition) is 3. The lowest BCUT2D eigenvalue weighted by atomic mass is 10.1. The van der Waals surface area contributed by atoms with Crippen LogP contribution < -0.4 is 5.32 Å². The van der Waals surface area contributed by atoms with Crippen LogP contribution in [0.25, 0.3) is 10.8 Å². The number of aromatic nitrogens is 1. The highest BCUT2D eigenvalue weighted by Crippen LogP contribution is 2.14. The van der Waals surface area contributed by atoms with Crippen molar-refractivity contribution < 1.29 is 9.59 Å². The van der Waals surface area contributed by atoms with Crippen LogP contribution in [0.2, 0.25) is 0 Å². The summed E-state index contributed by atoms with van der Waals surface area (Å²) in [4.78, 5) is 30.4. The number of pyridine rings is 1. The zero-order chi connectivity index (χ0) is 18.8. The lowest BCUT2D eigenvalue weighted by molar-refractivity contribution is -0.131. The van der Waals surface area contributed by atoms with Gasteiger partial charge in [0, 0.05) is 43.8 Å². The van der Waals surface area contributed by atoms with Crippen molar-refractivity contribution in [3.63, 3.8) is 0 Å². The molecule has 5 nitrogen and oxygen atoms in total. The van der Waals surface area contributed by atoms with Gasteiger partial charge in [0.1, 0.15) is 0 Å². The molecule has 0 aliphatic rings. The molecule has 2 amide bonds. The lowest BCUT2D eigenvalue weighted by Gasteiger charge is -2.22. The molecule has 0 bridgehead atoms. The van der Waals surface area contributed by atoms with Crippen molar-refractivity contribution in [3.8, 4) is 0 Å². The molecule has 0 fully saturated rings. The summed E-state index contributed by atoms with van der Waals surface area (Å²) in [5.41, 5.74) is 0.977. The van der Waals surface area contributed by atoms with Crippen LogP contribution in [0, 0.1) is 0 Å². The summed E-state index contributed by atoms with van der Waals surface area (Å²) in [6, 6.07) is 7.91.